The van der Waals surface area contributed by atoms with Gasteiger partial charge in [0.15, 0.2) is 0 Å². The molecular weight excluding hydrogens is 467 g/mol. The van der Waals surface area contributed by atoms with E-state index in [9.17, 15) is 22.8 Å². The van der Waals surface area contributed by atoms with Gasteiger partial charge in [-0.25, -0.2) is 0 Å². The number of anilines is 1. The van der Waals surface area contributed by atoms with E-state index in [1.54, 1.807) is 17.0 Å². The van der Waals surface area contributed by atoms with Crippen LogP contribution in [-0.2, 0) is 24.1 Å². The molecule has 0 atom stereocenters. The normalized spacial score (nSPS) is 19.2. The zero-order chi connectivity index (χ0) is 25.8. The van der Waals surface area contributed by atoms with E-state index in [1.807, 2.05) is 32.0 Å². The largest absolute Gasteiger partial charge is 0.416 e. The third-order valence-corrected chi connectivity index (χ3v) is 7.72. The number of alkyl halides is 3. The molecule has 0 N–H and O–H groups in total. The quantitative estimate of drug-likeness (QED) is 0.533. The van der Waals surface area contributed by atoms with Gasteiger partial charge in [0.1, 0.15) is 0 Å². The summed E-state index contributed by atoms with van der Waals surface area (Å²) in [4.78, 5) is 30.5. The minimum absolute atomic E-state index is 0.00367. The number of halogens is 3. The Kier molecular flexibility index (Phi) is 5.98. The summed E-state index contributed by atoms with van der Waals surface area (Å²) in [6.45, 7) is 10.6. The first-order valence-corrected chi connectivity index (χ1v) is 12.3. The summed E-state index contributed by atoms with van der Waals surface area (Å²) >= 11 is 0. The van der Waals surface area contributed by atoms with Crippen LogP contribution in [0.1, 0.15) is 58.8 Å². The molecule has 2 aromatic rings. The fourth-order valence-corrected chi connectivity index (χ4v) is 5.80. The van der Waals surface area contributed by atoms with Crippen LogP contribution in [0.3, 0.4) is 0 Å². The summed E-state index contributed by atoms with van der Waals surface area (Å²) in [6.07, 6.45) is -2.35. The van der Waals surface area contributed by atoms with Crippen molar-refractivity contribution in [3.63, 3.8) is 0 Å². The van der Waals surface area contributed by atoms with Crippen molar-refractivity contribution < 1.29 is 22.8 Å². The number of amides is 2. The second kappa shape index (κ2) is 8.76. The molecule has 0 aliphatic carbocycles. The third-order valence-electron chi connectivity index (χ3n) is 7.72. The van der Waals surface area contributed by atoms with Crippen LogP contribution in [0.4, 0.5) is 18.9 Å². The van der Waals surface area contributed by atoms with Crippen molar-refractivity contribution >= 4 is 17.5 Å². The van der Waals surface area contributed by atoms with Gasteiger partial charge in [0.05, 0.1) is 12.1 Å². The Morgan fingerprint density at radius 3 is 2.58 bits per heavy atom. The molecular formula is C28H30F3N3O2. The molecule has 36 heavy (non-hydrogen) atoms. The predicted octanol–water partition coefficient (Wildman–Crippen LogP) is 5.21. The van der Waals surface area contributed by atoms with Crippen LogP contribution in [0.15, 0.2) is 49.1 Å². The number of hydrogen-bond acceptors (Lipinski definition) is 3. The van der Waals surface area contributed by atoms with Gasteiger partial charge in [0.2, 0.25) is 5.91 Å². The standard InChI is InChI=1S/C28H30F3N3O2/c1-4-25(35)33-16-27(17-33)8-9-32(15-27)13-19-10-22-23(24(11-19)28(29,30)31)14-34(26(22)36)21-7-5-6-20(12-21)18(2)3/h4-7,10-12,18H,1,8-9,13-17H2,2-3H3. The van der Waals surface area contributed by atoms with Crippen molar-refractivity contribution in [2.45, 2.75) is 45.5 Å². The van der Waals surface area contributed by atoms with E-state index in [0.29, 0.717) is 37.4 Å². The molecule has 0 radical (unpaired) electrons. The van der Waals surface area contributed by atoms with Gasteiger partial charge >= 0.3 is 6.18 Å². The minimum atomic E-state index is -4.55. The molecule has 3 aliphatic rings. The van der Waals surface area contributed by atoms with Crippen LogP contribution in [0.5, 0.6) is 0 Å². The molecule has 190 valence electrons. The third kappa shape index (κ3) is 4.32. The van der Waals surface area contributed by atoms with Crippen LogP contribution in [0.25, 0.3) is 0 Å². The van der Waals surface area contributed by atoms with Gasteiger partial charge in [0.25, 0.3) is 5.91 Å². The lowest BCUT2D eigenvalue weighted by molar-refractivity contribution is -0.138. The molecule has 5 nitrogen and oxygen atoms in total. The van der Waals surface area contributed by atoms with Crippen molar-refractivity contribution in [1.29, 1.82) is 0 Å². The molecule has 2 aromatic carbocycles. The summed E-state index contributed by atoms with van der Waals surface area (Å²) in [5.74, 6) is -0.244. The summed E-state index contributed by atoms with van der Waals surface area (Å²) in [6, 6.07) is 10.3. The Morgan fingerprint density at radius 2 is 1.92 bits per heavy atom. The number of rotatable bonds is 5. The first-order valence-electron chi connectivity index (χ1n) is 12.3. The van der Waals surface area contributed by atoms with Crippen LogP contribution >= 0.6 is 0 Å². The van der Waals surface area contributed by atoms with Gasteiger partial charge in [0, 0.05) is 42.8 Å². The molecule has 2 fully saturated rings. The average molecular weight is 498 g/mol. The number of hydrogen-bond donors (Lipinski definition) is 0. The van der Waals surface area contributed by atoms with Crippen molar-refractivity contribution in [2.75, 3.05) is 31.1 Å². The zero-order valence-corrected chi connectivity index (χ0v) is 20.6. The Balaban J connectivity index is 1.38. The van der Waals surface area contributed by atoms with E-state index in [1.165, 1.54) is 17.0 Å². The molecule has 0 bridgehead atoms. The highest BCUT2D eigenvalue weighted by atomic mass is 19.4. The van der Waals surface area contributed by atoms with Crippen molar-refractivity contribution in [3.05, 3.63) is 76.9 Å². The smallest absolute Gasteiger partial charge is 0.338 e. The Labute approximate surface area is 209 Å². The van der Waals surface area contributed by atoms with Gasteiger partial charge in [-0.1, -0.05) is 32.6 Å². The highest BCUT2D eigenvalue weighted by Gasteiger charge is 2.49. The van der Waals surface area contributed by atoms with Crippen molar-refractivity contribution in [1.82, 2.24) is 9.80 Å². The SMILES string of the molecule is C=CC(=O)N1CC2(CCN(Cc3cc4c(c(C(F)(F)F)c3)CN(c3cccc(C(C)C)c3)C4=O)C2)C1. The first-order chi connectivity index (χ1) is 17.0. The van der Waals surface area contributed by atoms with Gasteiger partial charge < -0.3 is 9.80 Å². The number of likely N-dealkylation sites (tertiary alicyclic amines) is 2. The van der Waals surface area contributed by atoms with Crippen molar-refractivity contribution in [2.24, 2.45) is 5.41 Å². The Hall–Kier alpha value is -3.13. The average Bonchev–Trinajstić information content (AvgIpc) is 3.38. The summed E-state index contributed by atoms with van der Waals surface area (Å²) in [5, 5.41) is 0. The highest BCUT2D eigenvalue weighted by Crippen LogP contribution is 2.42. The van der Waals surface area contributed by atoms with E-state index in [2.05, 4.69) is 11.5 Å². The lowest BCUT2D eigenvalue weighted by atomic mass is 9.79. The number of benzene rings is 2. The van der Waals surface area contributed by atoms with E-state index in [-0.39, 0.29) is 34.9 Å². The van der Waals surface area contributed by atoms with E-state index >= 15 is 0 Å². The highest BCUT2D eigenvalue weighted by molar-refractivity contribution is 6.10. The lowest BCUT2D eigenvalue weighted by Crippen LogP contribution is -2.59. The van der Waals surface area contributed by atoms with Gasteiger partial charge in [-0.3, -0.25) is 14.5 Å². The number of fused-ring (bicyclic) bond motifs is 1. The number of carbonyl (C=O) groups is 2. The van der Waals surface area contributed by atoms with E-state index < -0.39 is 17.6 Å². The fourth-order valence-electron chi connectivity index (χ4n) is 5.80. The molecule has 3 heterocycles. The molecule has 5 rings (SSSR count). The number of carbonyl (C=O) groups excluding carboxylic acids is 2. The van der Waals surface area contributed by atoms with Gasteiger partial charge in [-0.15, -0.1) is 0 Å². The summed E-state index contributed by atoms with van der Waals surface area (Å²) < 4.78 is 42.3. The lowest BCUT2D eigenvalue weighted by Gasteiger charge is -2.47. The number of nitrogens with zero attached hydrogens (tertiary/aromatic N) is 3. The van der Waals surface area contributed by atoms with Gasteiger partial charge in [-0.05, 0) is 65.9 Å². The molecule has 8 heteroatoms. The molecule has 1 spiro atoms. The predicted molar refractivity (Wildman–Crippen MR) is 132 cm³/mol. The van der Waals surface area contributed by atoms with Crippen LogP contribution < -0.4 is 4.90 Å². The molecule has 3 aliphatic heterocycles. The van der Waals surface area contributed by atoms with E-state index in [4.69, 9.17) is 0 Å². The minimum Gasteiger partial charge on any atom is -0.338 e. The van der Waals surface area contributed by atoms with Crippen LogP contribution in [0, 0.1) is 5.41 Å². The first kappa shape index (κ1) is 24.6. The molecule has 0 aromatic heterocycles. The Bertz CT molecular complexity index is 1230. The maximum Gasteiger partial charge on any atom is 0.416 e. The molecule has 2 saturated heterocycles. The maximum absolute atomic E-state index is 14.1. The molecule has 0 unspecified atom stereocenters. The van der Waals surface area contributed by atoms with E-state index in [0.717, 1.165) is 18.5 Å². The van der Waals surface area contributed by atoms with Crippen LogP contribution in [-0.4, -0.2) is 47.8 Å². The summed E-state index contributed by atoms with van der Waals surface area (Å²) in [5.41, 5.74) is 1.57. The fraction of sp³-hybridized carbons (Fsp3) is 0.429. The molecule has 0 saturated carbocycles. The van der Waals surface area contributed by atoms with Crippen LogP contribution in [0.2, 0.25) is 0 Å². The monoisotopic (exact) mass is 497 g/mol. The summed E-state index contributed by atoms with van der Waals surface area (Å²) in [7, 11) is 0. The van der Waals surface area contributed by atoms with Gasteiger partial charge in [-0.2, -0.15) is 13.2 Å². The maximum atomic E-state index is 14.1. The second-order valence-electron chi connectivity index (χ2n) is 10.7. The topological polar surface area (TPSA) is 43.9 Å². The second-order valence-corrected chi connectivity index (χ2v) is 10.7. The Morgan fingerprint density at radius 1 is 1.17 bits per heavy atom. The molecule has 2 amide bonds. The zero-order valence-electron chi connectivity index (χ0n) is 20.6. The van der Waals surface area contributed by atoms with Crippen molar-refractivity contribution in [3.8, 4) is 0 Å².